The van der Waals surface area contributed by atoms with Crippen molar-refractivity contribution in [2.24, 2.45) is 5.41 Å². The Morgan fingerprint density at radius 1 is 1.53 bits per heavy atom. The van der Waals surface area contributed by atoms with Gasteiger partial charge in [0.05, 0.1) is 4.47 Å². The molecule has 1 atom stereocenters. The number of anilines is 2. The molecule has 0 amide bonds. The van der Waals surface area contributed by atoms with Gasteiger partial charge in [0.25, 0.3) is 0 Å². The molecule has 1 unspecified atom stereocenters. The van der Waals surface area contributed by atoms with Crippen molar-refractivity contribution in [3.8, 4) is 0 Å². The summed E-state index contributed by atoms with van der Waals surface area (Å²) in [5, 5.41) is 6.65. The second-order valence-corrected chi connectivity index (χ2v) is 6.06. The average Bonchev–Trinajstić information content (AvgIpc) is 2.87. The number of nitrogens with zero attached hydrogens (tertiary/aromatic N) is 2. The van der Waals surface area contributed by atoms with Gasteiger partial charge in [-0.3, -0.25) is 0 Å². The van der Waals surface area contributed by atoms with Crippen LogP contribution in [0.25, 0.3) is 0 Å². The number of hydrogen-bond acceptors (Lipinski definition) is 4. The van der Waals surface area contributed by atoms with Crippen LogP contribution in [-0.2, 0) is 0 Å². The summed E-state index contributed by atoms with van der Waals surface area (Å²) in [6.07, 6.45) is 4.06. The predicted octanol–water partition coefficient (Wildman–Crippen LogP) is 3.27. The van der Waals surface area contributed by atoms with E-state index in [0.717, 1.165) is 23.3 Å². The summed E-state index contributed by atoms with van der Waals surface area (Å²) < 4.78 is 0.919. The Hall–Kier alpha value is -0.840. The first-order valence-corrected chi connectivity index (χ1v) is 6.85. The highest BCUT2D eigenvalue weighted by Crippen LogP contribution is 2.46. The van der Waals surface area contributed by atoms with Crippen LogP contribution >= 0.6 is 15.9 Å². The van der Waals surface area contributed by atoms with E-state index >= 15 is 0 Å². The predicted molar refractivity (Wildman–Crippen MR) is 74.3 cm³/mol. The molecule has 2 N–H and O–H groups in total. The van der Waals surface area contributed by atoms with E-state index in [1.807, 2.05) is 0 Å². The lowest BCUT2D eigenvalue weighted by molar-refractivity contribution is 0.629. The van der Waals surface area contributed by atoms with Gasteiger partial charge in [0.2, 0.25) is 5.95 Å². The van der Waals surface area contributed by atoms with Crippen LogP contribution in [0.2, 0.25) is 0 Å². The molecule has 5 heteroatoms. The van der Waals surface area contributed by atoms with Crippen molar-refractivity contribution >= 4 is 27.7 Å². The molecule has 1 aliphatic rings. The monoisotopic (exact) mass is 298 g/mol. The molecule has 1 fully saturated rings. The molecule has 4 nitrogen and oxygen atoms in total. The van der Waals surface area contributed by atoms with Crippen molar-refractivity contribution in [3.05, 3.63) is 10.7 Å². The van der Waals surface area contributed by atoms with Crippen LogP contribution in [0.3, 0.4) is 0 Å². The molecule has 1 aromatic heterocycles. The molecule has 1 saturated carbocycles. The van der Waals surface area contributed by atoms with Gasteiger partial charge >= 0.3 is 0 Å². The Labute approximate surface area is 111 Å². The summed E-state index contributed by atoms with van der Waals surface area (Å²) in [4.78, 5) is 8.71. The van der Waals surface area contributed by atoms with E-state index in [4.69, 9.17) is 0 Å². The van der Waals surface area contributed by atoms with Gasteiger partial charge in [0.1, 0.15) is 5.82 Å². The number of rotatable bonds is 5. The summed E-state index contributed by atoms with van der Waals surface area (Å²) in [5.74, 6) is 1.57. The fraction of sp³-hybridized carbons (Fsp3) is 0.667. The second-order valence-electron chi connectivity index (χ2n) is 5.21. The van der Waals surface area contributed by atoms with Gasteiger partial charge in [-0.05, 0) is 34.2 Å². The van der Waals surface area contributed by atoms with E-state index < -0.39 is 0 Å². The van der Waals surface area contributed by atoms with Crippen LogP contribution in [0.1, 0.15) is 33.6 Å². The average molecular weight is 299 g/mol. The fourth-order valence-electron chi connectivity index (χ4n) is 1.67. The minimum absolute atomic E-state index is 0.390. The SMILES string of the molecule is CCCNc1ncc(Br)c(NC2CC2(C)C)n1. The third-order valence-corrected chi connectivity index (χ3v) is 3.68. The molecule has 94 valence electrons. The lowest BCUT2D eigenvalue weighted by atomic mass is 10.2. The van der Waals surface area contributed by atoms with Gasteiger partial charge < -0.3 is 10.6 Å². The number of hydrogen-bond donors (Lipinski definition) is 2. The first-order chi connectivity index (χ1) is 8.03. The standard InChI is InChI=1S/C12H19BrN4/c1-4-5-14-11-15-7-8(13)10(17-11)16-9-6-12(9,2)3/h7,9H,4-6H2,1-3H3,(H2,14,15,16,17). The van der Waals surface area contributed by atoms with E-state index in [-0.39, 0.29) is 0 Å². The lowest BCUT2D eigenvalue weighted by Crippen LogP contribution is -2.12. The van der Waals surface area contributed by atoms with Gasteiger partial charge in [0, 0.05) is 18.8 Å². The molecule has 0 aromatic carbocycles. The molecule has 0 aliphatic heterocycles. The maximum absolute atomic E-state index is 4.48. The molecule has 1 aliphatic carbocycles. The molecular weight excluding hydrogens is 280 g/mol. The summed E-state index contributed by atoms with van der Waals surface area (Å²) in [6, 6.07) is 0.521. The van der Waals surface area contributed by atoms with Gasteiger partial charge in [-0.25, -0.2) is 4.98 Å². The maximum Gasteiger partial charge on any atom is 0.224 e. The fourth-order valence-corrected chi connectivity index (χ4v) is 1.97. The van der Waals surface area contributed by atoms with Crippen LogP contribution in [0.15, 0.2) is 10.7 Å². The second kappa shape index (κ2) is 4.80. The van der Waals surface area contributed by atoms with Crippen molar-refractivity contribution < 1.29 is 0 Å². The first-order valence-electron chi connectivity index (χ1n) is 6.06. The first kappa shape index (κ1) is 12.6. The third-order valence-electron chi connectivity index (χ3n) is 3.10. The summed E-state index contributed by atoms with van der Waals surface area (Å²) in [7, 11) is 0. The zero-order valence-corrected chi connectivity index (χ0v) is 12.1. The van der Waals surface area contributed by atoms with Gasteiger partial charge in [-0.15, -0.1) is 0 Å². The quantitative estimate of drug-likeness (QED) is 0.876. The smallest absolute Gasteiger partial charge is 0.224 e. The Morgan fingerprint density at radius 2 is 2.24 bits per heavy atom. The van der Waals surface area contributed by atoms with Crippen molar-refractivity contribution in [2.75, 3.05) is 17.2 Å². The highest BCUT2D eigenvalue weighted by atomic mass is 79.9. The molecule has 1 heterocycles. The van der Waals surface area contributed by atoms with Crippen molar-refractivity contribution in [1.82, 2.24) is 9.97 Å². The van der Waals surface area contributed by atoms with Crippen LogP contribution in [0.4, 0.5) is 11.8 Å². The third kappa shape index (κ3) is 3.09. The normalized spacial score (nSPS) is 21.1. The number of aromatic nitrogens is 2. The minimum atomic E-state index is 0.390. The Balaban J connectivity index is 2.05. The van der Waals surface area contributed by atoms with Crippen LogP contribution in [0.5, 0.6) is 0 Å². The van der Waals surface area contributed by atoms with E-state index in [0.29, 0.717) is 17.4 Å². The van der Waals surface area contributed by atoms with E-state index in [2.05, 4.69) is 57.3 Å². The molecular formula is C12H19BrN4. The van der Waals surface area contributed by atoms with Crippen molar-refractivity contribution in [1.29, 1.82) is 0 Å². The van der Waals surface area contributed by atoms with Gasteiger partial charge in [-0.1, -0.05) is 20.8 Å². The highest BCUT2D eigenvalue weighted by Gasteiger charge is 2.46. The highest BCUT2D eigenvalue weighted by molar-refractivity contribution is 9.10. The van der Waals surface area contributed by atoms with E-state index in [1.54, 1.807) is 6.20 Å². The summed E-state index contributed by atoms with van der Waals surface area (Å²) in [6.45, 7) is 7.54. The number of halogens is 1. The summed E-state index contributed by atoms with van der Waals surface area (Å²) in [5.41, 5.74) is 0.390. The van der Waals surface area contributed by atoms with E-state index in [9.17, 15) is 0 Å². The Kier molecular flexibility index (Phi) is 3.56. The summed E-state index contributed by atoms with van der Waals surface area (Å²) >= 11 is 3.48. The largest absolute Gasteiger partial charge is 0.366 e. The van der Waals surface area contributed by atoms with Crippen LogP contribution in [-0.4, -0.2) is 22.6 Å². The lowest BCUT2D eigenvalue weighted by Gasteiger charge is -2.10. The maximum atomic E-state index is 4.48. The molecule has 17 heavy (non-hydrogen) atoms. The molecule has 0 saturated heterocycles. The topological polar surface area (TPSA) is 49.8 Å². The van der Waals surface area contributed by atoms with Crippen LogP contribution < -0.4 is 10.6 Å². The zero-order chi connectivity index (χ0) is 12.5. The Bertz CT molecular complexity index is 405. The van der Waals surface area contributed by atoms with Gasteiger partial charge in [-0.2, -0.15) is 4.98 Å². The Morgan fingerprint density at radius 3 is 2.82 bits per heavy atom. The molecule has 2 rings (SSSR count). The molecule has 0 radical (unpaired) electrons. The van der Waals surface area contributed by atoms with Crippen molar-refractivity contribution in [3.63, 3.8) is 0 Å². The number of nitrogens with one attached hydrogen (secondary N) is 2. The van der Waals surface area contributed by atoms with Gasteiger partial charge in [0.15, 0.2) is 0 Å². The van der Waals surface area contributed by atoms with Crippen molar-refractivity contribution in [2.45, 2.75) is 39.7 Å². The minimum Gasteiger partial charge on any atom is -0.366 e. The molecule has 0 spiro atoms. The van der Waals surface area contributed by atoms with Crippen LogP contribution in [0, 0.1) is 5.41 Å². The molecule has 0 bridgehead atoms. The van der Waals surface area contributed by atoms with E-state index in [1.165, 1.54) is 6.42 Å². The molecule has 1 aromatic rings. The zero-order valence-electron chi connectivity index (χ0n) is 10.5.